The van der Waals surface area contributed by atoms with E-state index in [0.29, 0.717) is 22.0 Å². The van der Waals surface area contributed by atoms with Crippen LogP contribution in [0.1, 0.15) is 18.4 Å². The molecular formula is C27H22FN7O5S. The van der Waals surface area contributed by atoms with Crippen LogP contribution in [-0.4, -0.2) is 33.7 Å². The minimum absolute atomic E-state index is 0.0229. The number of amides is 2. The molecule has 0 spiro atoms. The molecule has 1 aromatic heterocycles. The number of ether oxygens (including phenoxy) is 1. The van der Waals surface area contributed by atoms with Gasteiger partial charge in [-0.1, -0.05) is 23.5 Å². The molecule has 2 heterocycles. The number of carbonyl (C=O) groups is 2. The number of non-ortho nitro benzene ring substituents is 1. The van der Waals surface area contributed by atoms with Gasteiger partial charge < -0.3 is 20.8 Å². The number of anilines is 2. The SMILES string of the molecule is O=C(Nc1nc2ccc(Oc3ccc(F)c(NC(=O)C4(Cc5ccc([N+](=O)[O-])cc5)N=CNN4)c3)cc2s1)C1CC1. The summed E-state index contributed by atoms with van der Waals surface area (Å²) in [4.78, 5) is 44.5. The molecule has 0 radical (unpaired) electrons. The molecule has 1 fully saturated rings. The molecule has 4 aromatic rings. The van der Waals surface area contributed by atoms with Crippen molar-refractivity contribution < 1.29 is 23.6 Å². The van der Waals surface area contributed by atoms with E-state index in [1.807, 2.05) is 0 Å². The summed E-state index contributed by atoms with van der Waals surface area (Å²) in [5.74, 6) is -0.548. The van der Waals surface area contributed by atoms with Gasteiger partial charge in [0, 0.05) is 36.6 Å². The smallest absolute Gasteiger partial charge is 0.269 e. The molecule has 208 valence electrons. The van der Waals surface area contributed by atoms with E-state index < -0.39 is 22.3 Å². The Morgan fingerprint density at radius 3 is 2.56 bits per heavy atom. The van der Waals surface area contributed by atoms with Crippen LogP contribution < -0.4 is 26.2 Å². The Morgan fingerprint density at radius 2 is 1.85 bits per heavy atom. The minimum Gasteiger partial charge on any atom is -0.457 e. The Balaban J connectivity index is 1.17. The van der Waals surface area contributed by atoms with Crippen molar-refractivity contribution in [3.8, 4) is 11.5 Å². The summed E-state index contributed by atoms with van der Waals surface area (Å²) in [5, 5.41) is 16.9. The zero-order valence-corrected chi connectivity index (χ0v) is 22.0. The van der Waals surface area contributed by atoms with Crippen LogP contribution in [0.25, 0.3) is 10.2 Å². The lowest BCUT2D eigenvalue weighted by Gasteiger charge is -2.25. The van der Waals surface area contributed by atoms with Gasteiger partial charge in [0.1, 0.15) is 17.3 Å². The van der Waals surface area contributed by atoms with Crippen molar-refractivity contribution in [2.24, 2.45) is 10.9 Å². The second kappa shape index (κ2) is 10.6. The molecule has 41 heavy (non-hydrogen) atoms. The van der Waals surface area contributed by atoms with Crippen molar-refractivity contribution >= 4 is 56.2 Å². The van der Waals surface area contributed by atoms with E-state index in [4.69, 9.17) is 4.74 Å². The maximum Gasteiger partial charge on any atom is 0.269 e. The number of nitrogens with zero attached hydrogens (tertiary/aromatic N) is 3. The first-order valence-electron chi connectivity index (χ1n) is 12.6. The summed E-state index contributed by atoms with van der Waals surface area (Å²) >= 11 is 1.33. The topological polar surface area (TPSA) is 160 Å². The number of hydrazine groups is 1. The molecule has 4 N–H and O–H groups in total. The molecular weight excluding hydrogens is 553 g/mol. The molecule has 12 nitrogen and oxygen atoms in total. The van der Waals surface area contributed by atoms with Crippen LogP contribution >= 0.6 is 11.3 Å². The maximum atomic E-state index is 14.8. The lowest BCUT2D eigenvalue weighted by Crippen LogP contribution is -2.55. The average molecular weight is 576 g/mol. The Hall–Kier alpha value is -4.95. The van der Waals surface area contributed by atoms with Crippen molar-refractivity contribution in [1.82, 2.24) is 15.8 Å². The number of nitro benzene ring substituents is 1. The predicted octanol–water partition coefficient (Wildman–Crippen LogP) is 4.50. The second-order valence-electron chi connectivity index (χ2n) is 9.60. The van der Waals surface area contributed by atoms with E-state index in [1.165, 1.54) is 60.1 Å². The summed E-state index contributed by atoms with van der Waals surface area (Å²) in [6, 6.07) is 14.9. The molecule has 2 amide bonds. The van der Waals surface area contributed by atoms with Gasteiger partial charge in [-0.25, -0.2) is 19.8 Å². The number of nitro groups is 1. The molecule has 1 saturated carbocycles. The van der Waals surface area contributed by atoms with E-state index in [0.717, 1.165) is 17.5 Å². The lowest BCUT2D eigenvalue weighted by atomic mass is 9.99. The first kappa shape index (κ1) is 26.3. The summed E-state index contributed by atoms with van der Waals surface area (Å²) in [7, 11) is 0. The molecule has 2 aliphatic rings. The number of nitrogens with one attached hydrogen (secondary N) is 4. The number of hydrogen-bond donors (Lipinski definition) is 4. The summed E-state index contributed by atoms with van der Waals surface area (Å²) < 4.78 is 21.5. The maximum absolute atomic E-state index is 14.8. The average Bonchev–Trinajstić information content (AvgIpc) is 3.58. The van der Waals surface area contributed by atoms with Gasteiger partial charge in [-0.2, -0.15) is 0 Å². The van der Waals surface area contributed by atoms with Gasteiger partial charge in [0.2, 0.25) is 11.6 Å². The van der Waals surface area contributed by atoms with Crippen LogP contribution in [0.4, 0.5) is 20.9 Å². The Morgan fingerprint density at radius 1 is 1.10 bits per heavy atom. The van der Waals surface area contributed by atoms with Gasteiger partial charge in [-0.15, -0.1) is 0 Å². The van der Waals surface area contributed by atoms with Crippen LogP contribution in [0.2, 0.25) is 0 Å². The van der Waals surface area contributed by atoms with Crippen molar-refractivity contribution in [2.75, 3.05) is 10.6 Å². The third kappa shape index (κ3) is 5.69. The third-order valence-corrected chi connectivity index (χ3v) is 7.50. The zero-order valence-electron chi connectivity index (χ0n) is 21.2. The van der Waals surface area contributed by atoms with Crippen molar-refractivity contribution in [3.63, 3.8) is 0 Å². The van der Waals surface area contributed by atoms with Gasteiger partial charge in [0.05, 0.1) is 27.2 Å². The highest BCUT2D eigenvalue weighted by atomic mass is 32.1. The molecule has 0 saturated heterocycles. The molecule has 1 aliphatic carbocycles. The molecule has 1 atom stereocenters. The zero-order chi connectivity index (χ0) is 28.6. The van der Waals surface area contributed by atoms with Crippen LogP contribution in [-0.2, 0) is 16.0 Å². The normalized spacial score (nSPS) is 17.7. The van der Waals surface area contributed by atoms with Crippen molar-refractivity contribution in [3.05, 3.63) is 82.2 Å². The number of halogens is 1. The van der Waals surface area contributed by atoms with E-state index in [1.54, 1.807) is 18.2 Å². The summed E-state index contributed by atoms with van der Waals surface area (Å²) in [5.41, 5.74) is 5.03. The van der Waals surface area contributed by atoms with Gasteiger partial charge >= 0.3 is 0 Å². The Bertz CT molecular complexity index is 1710. The molecule has 0 bridgehead atoms. The lowest BCUT2D eigenvalue weighted by molar-refractivity contribution is -0.384. The largest absolute Gasteiger partial charge is 0.457 e. The highest BCUT2D eigenvalue weighted by Crippen LogP contribution is 2.35. The fourth-order valence-corrected chi connectivity index (χ4v) is 5.14. The number of benzene rings is 3. The standard InChI is InChI=1S/C27H22FN7O5S/c28-20-9-7-18(40-19-8-10-21-23(12-19)41-26(32-21)33-24(36)16-3-4-16)11-22(20)31-25(37)27(29-14-30-34-27)13-15-1-5-17(6-2-15)35(38)39/h1-2,5-12,14,16,34H,3-4,13H2,(H,29,30)(H,31,37)(H,32,33,36). The fraction of sp³-hybridized carbons (Fsp3) is 0.185. The minimum atomic E-state index is -1.52. The fourth-order valence-electron chi connectivity index (χ4n) is 4.24. The molecule has 1 unspecified atom stereocenters. The summed E-state index contributed by atoms with van der Waals surface area (Å²) in [6.07, 6.45) is 3.14. The Labute approximate surface area is 235 Å². The summed E-state index contributed by atoms with van der Waals surface area (Å²) in [6.45, 7) is 0. The van der Waals surface area contributed by atoms with E-state index in [9.17, 15) is 24.1 Å². The number of fused-ring (bicyclic) bond motifs is 1. The number of aromatic nitrogens is 1. The van der Waals surface area contributed by atoms with E-state index in [-0.39, 0.29) is 35.4 Å². The number of aliphatic imine (C=N–C) groups is 1. The number of rotatable bonds is 9. The molecule has 3 aromatic carbocycles. The van der Waals surface area contributed by atoms with Crippen LogP contribution in [0.15, 0.2) is 65.7 Å². The number of carbonyl (C=O) groups excluding carboxylic acids is 2. The highest BCUT2D eigenvalue weighted by Gasteiger charge is 2.41. The molecule has 14 heteroatoms. The first-order chi connectivity index (χ1) is 19.8. The van der Waals surface area contributed by atoms with E-state index >= 15 is 0 Å². The van der Waals surface area contributed by atoms with Gasteiger partial charge in [0.25, 0.3) is 11.6 Å². The van der Waals surface area contributed by atoms with E-state index in [2.05, 4.69) is 31.5 Å². The van der Waals surface area contributed by atoms with Crippen molar-refractivity contribution in [2.45, 2.75) is 24.9 Å². The van der Waals surface area contributed by atoms with Crippen molar-refractivity contribution in [1.29, 1.82) is 0 Å². The van der Waals surface area contributed by atoms with Gasteiger partial charge in [-0.3, -0.25) is 19.7 Å². The quantitative estimate of drug-likeness (QED) is 0.168. The second-order valence-corrected chi connectivity index (χ2v) is 10.6. The number of hydrogen-bond acceptors (Lipinski definition) is 10. The van der Waals surface area contributed by atoms with Gasteiger partial charge in [-0.05, 0) is 42.7 Å². The van der Waals surface area contributed by atoms with Gasteiger partial charge in [0.15, 0.2) is 5.13 Å². The predicted molar refractivity (Wildman–Crippen MR) is 150 cm³/mol. The number of thiazole rings is 1. The van der Waals surface area contributed by atoms with Crippen LogP contribution in [0, 0.1) is 21.8 Å². The highest BCUT2D eigenvalue weighted by molar-refractivity contribution is 7.22. The molecule has 1 aliphatic heterocycles. The monoisotopic (exact) mass is 575 g/mol. The first-order valence-corrected chi connectivity index (χ1v) is 13.4. The van der Waals surface area contributed by atoms with Crippen LogP contribution in [0.5, 0.6) is 11.5 Å². The Kier molecular flexibility index (Phi) is 6.77. The molecule has 6 rings (SSSR count). The van der Waals surface area contributed by atoms with Crippen LogP contribution in [0.3, 0.4) is 0 Å². The third-order valence-electron chi connectivity index (χ3n) is 6.57.